The molecule has 0 bridgehead atoms. The summed E-state index contributed by atoms with van der Waals surface area (Å²) < 4.78 is 0. The standard InChI is InChI=1S/C23H27N5/c1-8-16-27(17-9-1)23(22-12-4-7-15-26-22)28(18-20-10-2-5-13-24-20)19-21-11-3-6-14-25-21/h2-7,10-15,23H,1,8-9,16-19H2. The molecular weight excluding hydrogens is 346 g/mol. The smallest absolute Gasteiger partial charge is 0.107 e. The highest BCUT2D eigenvalue weighted by atomic mass is 15.4. The maximum absolute atomic E-state index is 4.73. The molecule has 3 aromatic rings. The summed E-state index contributed by atoms with van der Waals surface area (Å²) in [6.45, 7) is 3.72. The molecule has 0 spiro atoms. The van der Waals surface area contributed by atoms with E-state index >= 15 is 0 Å². The highest BCUT2D eigenvalue weighted by molar-refractivity contribution is 5.12. The molecular formula is C23H27N5. The van der Waals surface area contributed by atoms with Gasteiger partial charge in [-0.25, -0.2) is 0 Å². The highest BCUT2D eigenvalue weighted by Gasteiger charge is 2.29. The van der Waals surface area contributed by atoms with E-state index in [1.165, 1.54) is 19.3 Å². The van der Waals surface area contributed by atoms with Crippen LogP contribution in [0.3, 0.4) is 0 Å². The van der Waals surface area contributed by atoms with Gasteiger partial charge in [-0.3, -0.25) is 24.8 Å². The number of rotatable bonds is 7. The Morgan fingerprint density at radius 1 is 0.714 bits per heavy atom. The molecule has 0 aromatic carbocycles. The first kappa shape index (κ1) is 18.7. The SMILES string of the molecule is c1ccc(CN(Cc2ccccn2)C(c2ccccn2)N2CCCCC2)nc1. The fourth-order valence-electron chi connectivity index (χ4n) is 3.93. The summed E-state index contributed by atoms with van der Waals surface area (Å²) in [7, 11) is 0. The van der Waals surface area contributed by atoms with Crippen LogP contribution in [0.25, 0.3) is 0 Å². The zero-order chi connectivity index (χ0) is 19.0. The van der Waals surface area contributed by atoms with E-state index in [1.54, 1.807) is 0 Å². The number of likely N-dealkylation sites (tertiary alicyclic amines) is 1. The first-order valence-electron chi connectivity index (χ1n) is 10.1. The summed E-state index contributed by atoms with van der Waals surface area (Å²) in [5.74, 6) is 0. The predicted octanol–water partition coefficient (Wildman–Crippen LogP) is 4.06. The second-order valence-electron chi connectivity index (χ2n) is 7.27. The van der Waals surface area contributed by atoms with Crippen molar-refractivity contribution in [1.29, 1.82) is 0 Å². The van der Waals surface area contributed by atoms with E-state index in [9.17, 15) is 0 Å². The van der Waals surface area contributed by atoms with Gasteiger partial charge in [0.15, 0.2) is 0 Å². The number of aromatic nitrogens is 3. The number of pyridine rings is 3. The molecule has 5 heteroatoms. The van der Waals surface area contributed by atoms with Crippen LogP contribution in [0.1, 0.15) is 42.5 Å². The van der Waals surface area contributed by atoms with Crippen LogP contribution in [-0.2, 0) is 13.1 Å². The van der Waals surface area contributed by atoms with Gasteiger partial charge in [0.2, 0.25) is 0 Å². The lowest BCUT2D eigenvalue weighted by Crippen LogP contribution is -2.44. The molecule has 5 nitrogen and oxygen atoms in total. The van der Waals surface area contributed by atoms with E-state index in [2.05, 4.69) is 56.2 Å². The Labute approximate surface area is 167 Å². The highest BCUT2D eigenvalue weighted by Crippen LogP contribution is 2.29. The third-order valence-electron chi connectivity index (χ3n) is 5.22. The maximum Gasteiger partial charge on any atom is 0.107 e. The third kappa shape index (κ3) is 4.80. The molecule has 1 saturated heterocycles. The van der Waals surface area contributed by atoms with Gasteiger partial charge in [0, 0.05) is 31.7 Å². The Morgan fingerprint density at radius 3 is 1.79 bits per heavy atom. The monoisotopic (exact) mass is 373 g/mol. The van der Waals surface area contributed by atoms with Crippen molar-refractivity contribution in [1.82, 2.24) is 24.8 Å². The molecule has 0 radical (unpaired) electrons. The van der Waals surface area contributed by atoms with Crippen LogP contribution in [0.5, 0.6) is 0 Å². The molecule has 0 aliphatic carbocycles. The van der Waals surface area contributed by atoms with Crippen molar-refractivity contribution < 1.29 is 0 Å². The van der Waals surface area contributed by atoms with Crippen molar-refractivity contribution in [2.75, 3.05) is 13.1 Å². The van der Waals surface area contributed by atoms with E-state index in [-0.39, 0.29) is 6.17 Å². The van der Waals surface area contributed by atoms with Crippen molar-refractivity contribution in [2.24, 2.45) is 0 Å². The average Bonchev–Trinajstić information content (AvgIpc) is 2.77. The molecule has 1 aliphatic rings. The Bertz CT molecular complexity index is 778. The lowest BCUT2D eigenvalue weighted by molar-refractivity contribution is 0.0116. The van der Waals surface area contributed by atoms with Crippen LogP contribution in [-0.4, -0.2) is 37.8 Å². The summed E-state index contributed by atoms with van der Waals surface area (Å²) in [4.78, 5) is 18.9. The van der Waals surface area contributed by atoms with Gasteiger partial charge < -0.3 is 0 Å². The minimum absolute atomic E-state index is 0.116. The Kier molecular flexibility index (Phi) is 6.37. The summed E-state index contributed by atoms with van der Waals surface area (Å²) in [6, 6.07) is 18.4. The van der Waals surface area contributed by atoms with E-state index in [0.717, 1.165) is 43.3 Å². The lowest BCUT2D eigenvalue weighted by Gasteiger charge is -2.41. The van der Waals surface area contributed by atoms with Gasteiger partial charge in [-0.15, -0.1) is 0 Å². The molecule has 0 saturated carbocycles. The minimum Gasteiger partial charge on any atom is -0.283 e. The molecule has 1 unspecified atom stereocenters. The first-order valence-corrected chi connectivity index (χ1v) is 10.1. The number of nitrogens with zero attached hydrogens (tertiary/aromatic N) is 5. The minimum atomic E-state index is 0.116. The van der Waals surface area contributed by atoms with Crippen LogP contribution in [0, 0.1) is 0 Å². The van der Waals surface area contributed by atoms with E-state index in [1.807, 2.05) is 36.8 Å². The topological polar surface area (TPSA) is 45.2 Å². The second-order valence-corrected chi connectivity index (χ2v) is 7.27. The first-order chi connectivity index (χ1) is 13.9. The molecule has 28 heavy (non-hydrogen) atoms. The van der Waals surface area contributed by atoms with Crippen molar-refractivity contribution in [2.45, 2.75) is 38.5 Å². The molecule has 1 atom stereocenters. The average molecular weight is 374 g/mol. The van der Waals surface area contributed by atoms with Crippen molar-refractivity contribution in [3.8, 4) is 0 Å². The van der Waals surface area contributed by atoms with E-state index < -0.39 is 0 Å². The quantitative estimate of drug-likeness (QED) is 0.625. The molecule has 1 fully saturated rings. The van der Waals surface area contributed by atoms with Gasteiger partial charge in [-0.1, -0.05) is 24.6 Å². The number of hydrogen-bond acceptors (Lipinski definition) is 5. The Morgan fingerprint density at radius 2 is 1.29 bits per heavy atom. The molecule has 0 amide bonds. The molecule has 1 aliphatic heterocycles. The van der Waals surface area contributed by atoms with Gasteiger partial charge in [0.05, 0.1) is 17.1 Å². The van der Waals surface area contributed by atoms with Gasteiger partial charge in [0.25, 0.3) is 0 Å². The zero-order valence-electron chi connectivity index (χ0n) is 16.2. The Hall–Kier alpha value is -2.63. The van der Waals surface area contributed by atoms with Crippen molar-refractivity contribution in [3.05, 3.63) is 90.3 Å². The number of hydrogen-bond donors (Lipinski definition) is 0. The van der Waals surface area contributed by atoms with E-state index in [0.29, 0.717) is 0 Å². The van der Waals surface area contributed by atoms with E-state index in [4.69, 9.17) is 4.98 Å². The number of piperidine rings is 1. The van der Waals surface area contributed by atoms with Crippen molar-refractivity contribution in [3.63, 3.8) is 0 Å². The van der Waals surface area contributed by atoms with Gasteiger partial charge in [-0.2, -0.15) is 0 Å². The summed E-state index contributed by atoms with van der Waals surface area (Å²) in [6.07, 6.45) is 9.54. The van der Waals surface area contributed by atoms with Crippen LogP contribution < -0.4 is 0 Å². The summed E-state index contributed by atoms with van der Waals surface area (Å²) in [5.41, 5.74) is 3.23. The largest absolute Gasteiger partial charge is 0.283 e. The second kappa shape index (κ2) is 9.53. The predicted molar refractivity (Wildman–Crippen MR) is 110 cm³/mol. The van der Waals surface area contributed by atoms with Crippen LogP contribution in [0.2, 0.25) is 0 Å². The molecule has 4 rings (SSSR count). The maximum atomic E-state index is 4.73. The molecule has 4 heterocycles. The van der Waals surface area contributed by atoms with Gasteiger partial charge in [-0.05, 0) is 62.3 Å². The fourth-order valence-corrected chi connectivity index (χ4v) is 3.93. The summed E-state index contributed by atoms with van der Waals surface area (Å²) in [5, 5.41) is 0. The summed E-state index contributed by atoms with van der Waals surface area (Å²) >= 11 is 0. The Balaban J connectivity index is 1.68. The molecule has 144 valence electrons. The lowest BCUT2D eigenvalue weighted by atomic mass is 10.1. The van der Waals surface area contributed by atoms with Crippen molar-refractivity contribution >= 4 is 0 Å². The van der Waals surface area contributed by atoms with Crippen LogP contribution in [0.15, 0.2) is 73.2 Å². The van der Waals surface area contributed by atoms with Gasteiger partial charge >= 0.3 is 0 Å². The zero-order valence-corrected chi connectivity index (χ0v) is 16.2. The normalized spacial score (nSPS) is 16.2. The van der Waals surface area contributed by atoms with Crippen LogP contribution >= 0.6 is 0 Å². The third-order valence-corrected chi connectivity index (χ3v) is 5.22. The molecule has 0 N–H and O–H groups in total. The van der Waals surface area contributed by atoms with Crippen LogP contribution in [0.4, 0.5) is 0 Å². The fraction of sp³-hybridized carbons (Fsp3) is 0.348. The molecule has 3 aromatic heterocycles. The van der Waals surface area contributed by atoms with Gasteiger partial charge in [0.1, 0.15) is 6.17 Å².